The van der Waals surface area contributed by atoms with Gasteiger partial charge >= 0.3 is 0 Å². The smallest absolute Gasteiger partial charge is 0.129 e. The van der Waals surface area contributed by atoms with E-state index in [1.807, 2.05) is 0 Å². The summed E-state index contributed by atoms with van der Waals surface area (Å²) in [5.74, 6) is 0. The number of hydrogen-bond donors (Lipinski definition) is 0. The quantitative estimate of drug-likeness (QED) is 0.168. The van der Waals surface area contributed by atoms with E-state index in [0.29, 0.717) is 0 Å². The molecule has 0 atom stereocenters. The van der Waals surface area contributed by atoms with Gasteiger partial charge in [0.15, 0.2) is 0 Å². The fourth-order valence-electron chi connectivity index (χ4n) is 8.26. The topological polar surface area (TPSA) is 34.0 Å². The second kappa shape index (κ2) is 14.4. The maximum Gasteiger partial charge on any atom is 0.129 e. The highest BCUT2D eigenvalue weighted by Gasteiger charge is 2.23. The van der Waals surface area contributed by atoms with Gasteiger partial charge in [0.2, 0.25) is 0 Å². The molecule has 0 N–H and O–H groups in total. The molecule has 0 saturated heterocycles. The first kappa shape index (κ1) is 38.5. The summed E-state index contributed by atoms with van der Waals surface area (Å²) in [5.41, 5.74) is 17.3. The lowest BCUT2D eigenvalue weighted by molar-refractivity contribution is 0.590. The lowest BCUT2D eigenvalue weighted by atomic mass is 9.85. The molecule has 9 rings (SSSR count). The normalized spacial score (nSPS) is 12.5. The van der Waals surface area contributed by atoms with E-state index in [-0.39, 0.29) is 16.2 Å². The highest BCUT2D eigenvalue weighted by atomic mass is 32.1. The van der Waals surface area contributed by atoms with Crippen LogP contribution in [0.3, 0.4) is 0 Å². The predicted octanol–water partition coefficient (Wildman–Crippen LogP) is 15.5. The van der Waals surface area contributed by atoms with Crippen molar-refractivity contribution in [2.24, 2.45) is 0 Å². The Morgan fingerprint density at radius 2 is 0.915 bits per heavy atom. The van der Waals surface area contributed by atoms with E-state index in [1.165, 1.54) is 61.4 Å². The van der Waals surface area contributed by atoms with Crippen molar-refractivity contribution in [2.45, 2.75) is 78.6 Å². The van der Waals surface area contributed by atoms with E-state index in [9.17, 15) is 0 Å². The van der Waals surface area contributed by atoms with Crippen LogP contribution in [0.2, 0.25) is 0 Å². The maximum atomic E-state index is 4.93. The zero-order valence-corrected chi connectivity index (χ0v) is 36.4. The standard InChI is InChI=1S/C54H52N4S/c1-52(2,3)38-21-15-35(16-22-38)36-17-25-42(26-18-36)57(41-13-11-10-12-14-41)49-32-29-44(50-51(49)56-59-55-50)37-19-27-43(28-20-37)58-47-30-23-39(53(4,5)6)33-45(47)46-34-40(54(7,8)9)24-31-48(46)58/h10-34H,1-9H3. The van der Waals surface area contributed by atoms with Gasteiger partial charge in [0.25, 0.3) is 0 Å². The van der Waals surface area contributed by atoms with E-state index in [0.717, 1.165) is 44.9 Å². The van der Waals surface area contributed by atoms with Crippen LogP contribution in [0.4, 0.5) is 17.1 Å². The minimum Gasteiger partial charge on any atom is -0.309 e. The molecule has 0 bridgehead atoms. The number of fused-ring (bicyclic) bond motifs is 4. The summed E-state index contributed by atoms with van der Waals surface area (Å²) in [6, 6.07) is 55.7. The van der Waals surface area contributed by atoms with Gasteiger partial charge in [-0.25, -0.2) is 0 Å². The summed E-state index contributed by atoms with van der Waals surface area (Å²) in [5, 5.41) is 2.58. The molecule has 2 aromatic heterocycles. The highest BCUT2D eigenvalue weighted by Crippen LogP contribution is 2.43. The first-order valence-electron chi connectivity index (χ1n) is 20.7. The van der Waals surface area contributed by atoms with Crippen molar-refractivity contribution in [2.75, 3.05) is 4.90 Å². The molecule has 294 valence electrons. The van der Waals surface area contributed by atoms with Crippen molar-refractivity contribution < 1.29 is 0 Å². The van der Waals surface area contributed by atoms with Gasteiger partial charge in [-0.3, -0.25) is 0 Å². The lowest BCUT2D eigenvalue weighted by Gasteiger charge is -2.26. The fourth-order valence-corrected chi connectivity index (χ4v) is 8.83. The summed E-state index contributed by atoms with van der Waals surface area (Å²) in [7, 11) is 0. The van der Waals surface area contributed by atoms with Crippen LogP contribution >= 0.6 is 11.7 Å². The van der Waals surface area contributed by atoms with Crippen LogP contribution in [0.1, 0.15) is 79.0 Å². The van der Waals surface area contributed by atoms with Gasteiger partial charge in [-0.2, -0.15) is 8.75 Å². The Kier molecular flexibility index (Phi) is 9.36. The van der Waals surface area contributed by atoms with E-state index in [1.54, 1.807) is 0 Å². The molecule has 0 aliphatic carbocycles. The monoisotopic (exact) mass is 788 g/mol. The van der Waals surface area contributed by atoms with Crippen LogP contribution in [0.5, 0.6) is 0 Å². The Morgan fingerprint density at radius 3 is 1.46 bits per heavy atom. The van der Waals surface area contributed by atoms with Crippen LogP contribution < -0.4 is 4.90 Å². The molecule has 0 fully saturated rings. The fraction of sp³-hybridized carbons (Fsp3) is 0.222. The molecule has 4 nitrogen and oxygen atoms in total. The van der Waals surface area contributed by atoms with Gasteiger partial charge < -0.3 is 9.47 Å². The van der Waals surface area contributed by atoms with E-state index >= 15 is 0 Å². The van der Waals surface area contributed by atoms with Gasteiger partial charge in [-0.1, -0.05) is 141 Å². The van der Waals surface area contributed by atoms with Crippen LogP contribution in [0.25, 0.3) is 60.8 Å². The Bertz CT molecular complexity index is 2880. The van der Waals surface area contributed by atoms with Crippen LogP contribution in [0, 0.1) is 0 Å². The summed E-state index contributed by atoms with van der Waals surface area (Å²) < 4.78 is 12.3. The number of hydrogen-bond acceptors (Lipinski definition) is 4. The zero-order valence-electron chi connectivity index (χ0n) is 35.6. The number of rotatable bonds is 6. The van der Waals surface area contributed by atoms with Gasteiger partial charge in [0, 0.05) is 33.4 Å². The number of benzene rings is 7. The van der Waals surface area contributed by atoms with Crippen LogP contribution in [-0.4, -0.2) is 13.3 Å². The molecule has 0 unspecified atom stereocenters. The van der Waals surface area contributed by atoms with Crippen molar-refractivity contribution in [3.63, 3.8) is 0 Å². The molecule has 0 spiro atoms. The Hall–Kier alpha value is -6.04. The maximum absolute atomic E-state index is 4.93. The minimum atomic E-state index is 0.0550. The van der Waals surface area contributed by atoms with Gasteiger partial charge in [-0.05, 0) is 122 Å². The highest BCUT2D eigenvalue weighted by molar-refractivity contribution is 7.00. The van der Waals surface area contributed by atoms with Crippen LogP contribution in [0.15, 0.2) is 152 Å². The van der Waals surface area contributed by atoms with E-state index in [2.05, 4.69) is 223 Å². The third kappa shape index (κ3) is 7.12. The first-order chi connectivity index (χ1) is 28.1. The molecular weight excluding hydrogens is 737 g/mol. The van der Waals surface area contributed by atoms with Crippen molar-refractivity contribution in [3.05, 3.63) is 168 Å². The van der Waals surface area contributed by atoms with Gasteiger partial charge in [0.05, 0.1) is 28.4 Å². The minimum absolute atomic E-state index is 0.0550. The number of aromatic nitrogens is 3. The third-order valence-electron chi connectivity index (χ3n) is 11.8. The van der Waals surface area contributed by atoms with Crippen molar-refractivity contribution in [1.82, 2.24) is 13.3 Å². The number of para-hydroxylation sites is 1. The Balaban J connectivity index is 1.10. The van der Waals surface area contributed by atoms with Gasteiger partial charge in [-0.15, -0.1) is 0 Å². The molecule has 0 saturated carbocycles. The largest absolute Gasteiger partial charge is 0.309 e. The van der Waals surface area contributed by atoms with Crippen molar-refractivity contribution >= 4 is 61.6 Å². The molecule has 5 heteroatoms. The predicted molar refractivity (Wildman–Crippen MR) is 253 cm³/mol. The first-order valence-corrected chi connectivity index (χ1v) is 21.4. The number of anilines is 3. The Morgan fingerprint density at radius 1 is 0.441 bits per heavy atom. The van der Waals surface area contributed by atoms with Crippen LogP contribution in [-0.2, 0) is 16.2 Å². The number of nitrogens with zero attached hydrogens (tertiary/aromatic N) is 4. The molecule has 59 heavy (non-hydrogen) atoms. The average molecular weight is 789 g/mol. The summed E-state index contributed by atoms with van der Waals surface area (Å²) in [6.07, 6.45) is 0. The van der Waals surface area contributed by atoms with Crippen molar-refractivity contribution in [3.8, 4) is 27.9 Å². The molecule has 0 radical (unpaired) electrons. The van der Waals surface area contributed by atoms with E-state index in [4.69, 9.17) is 8.75 Å². The third-order valence-corrected chi connectivity index (χ3v) is 12.3. The molecular formula is C54H52N4S. The molecule has 7 aromatic carbocycles. The molecule has 0 aliphatic heterocycles. The average Bonchev–Trinajstić information content (AvgIpc) is 3.84. The van der Waals surface area contributed by atoms with Crippen molar-refractivity contribution in [1.29, 1.82) is 0 Å². The second-order valence-corrected chi connectivity index (χ2v) is 19.5. The molecule has 9 aromatic rings. The van der Waals surface area contributed by atoms with E-state index < -0.39 is 0 Å². The second-order valence-electron chi connectivity index (χ2n) is 19.0. The van der Waals surface area contributed by atoms with Gasteiger partial charge in [0.1, 0.15) is 11.0 Å². The zero-order chi connectivity index (χ0) is 41.3. The summed E-state index contributed by atoms with van der Waals surface area (Å²) in [6.45, 7) is 20.5. The lowest BCUT2D eigenvalue weighted by Crippen LogP contribution is -2.11. The molecule has 0 aliphatic rings. The summed E-state index contributed by atoms with van der Waals surface area (Å²) in [4.78, 5) is 2.29. The Labute approximate surface area is 353 Å². The molecule has 2 heterocycles. The summed E-state index contributed by atoms with van der Waals surface area (Å²) >= 11 is 1.26. The SMILES string of the molecule is CC(C)(C)c1ccc(-c2ccc(N(c3ccccc3)c3ccc(-c4ccc(-n5c6ccc(C(C)(C)C)cc6c6cc(C(C)(C)C)ccc65)cc4)c4nsnc34)cc2)cc1. The molecule has 0 amide bonds.